The molecule has 7 heteroatoms. The van der Waals surface area contributed by atoms with E-state index < -0.39 is 17.6 Å². The van der Waals surface area contributed by atoms with Crippen molar-refractivity contribution in [3.63, 3.8) is 0 Å². The fraction of sp³-hybridized carbons (Fsp3) is 0. The zero-order valence-corrected chi connectivity index (χ0v) is 10.4. The van der Waals surface area contributed by atoms with Gasteiger partial charge in [0.05, 0.1) is 17.3 Å². The third kappa shape index (κ3) is 3.61. The molecule has 0 fully saturated rings. The van der Waals surface area contributed by atoms with Gasteiger partial charge in [0.1, 0.15) is 11.8 Å². The summed E-state index contributed by atoms with van der Waals surface area (Å²) in [4.78, 5) is 21.3. The maximum Gasteiger partial charge on any atom is 0.352 e. The first-order valence-electron chi connectivity index (χ1n) is 4.58. The van der Waals surface area contributed by atoms with Crippen LogP contribution in [0.25, 0.3) is 0 Å². The lowest BCUT2D eigenvalue weighted by molar-refractivity contribution is -0.134. The van der Waals surface area contributed by atoms with Gasteiger partial charge in [0.15, 0.2) is 0 Å². The molecular weight excluding hydrogens is 304 g/mol. The molecular formula is C11H7BrN2O4. The number of anilines is 1. The molecule has 0 aliphatic carbocycles. The van der Waals surface area contributed by atoms with Crippen LogP contribution in [0.5, 0.6) is 0 Å². The van der Waals surface area contributed by atoms with Crippen molar-refractivity contribution in [1.82, 2.24) is 0 Å². The van der Waals surface area contributed by atoms with Crippen molar-refractivity contribution in [1.29, 1.82) is 5.26 Å². The van der Waals surface area contributed by atoms with Gasteiger partial charge in [-0.3, -0.25) is 0 Å². The van der Waals surface area contributed by atoms with E-state index in [2.05, 4.69) is 21.2 Å². The molecule has 18 heavy (non-hydrogen) atoms. The highest BCUT2D eigenvalue weighted by Crippen LogP contribution is 2.21. The Morgan fingerprint density at radius 3 is 2.56 bits per heavy atom. The number of rotatable bonds is 4. The normalized spacial score (nSPS) is 10.6. The van der Waals surface area contributed by atoms with Crippen LogP contribution in [-0.4, -0.2) is 22.2 Å². The van der Waals surface area contributed by atoms with Gasteiger partial charge in [-0.05, 0) is 18.2 Å². The van der Waals surface area contributed by atoms with Crippen LogP contribution in [-0.2, 0) is 9.59 Å². The molecule has 0 heterocycles. The Labute approximate surface area is 110 Å². The van der Waals surface area contributed by atoms with Crippen LogP contribution >= 0.6 is 15.9 Å². The second-order valence-electron chi connectivity index (χ2n) is 3.13. The molecule has 0 atom stereocenters. The molecule has 0 saturated carbocycles. The van der Waals surface area contributed by atoms with E-state index in [-0.39, 0.29) is 11.3 Å². The van der Waals surface area contributed by atoms with Gasteiger partial charge < -0.3 is 15.5 Å². The third-order valence-corrected chi connectivity index (χ3v) is 2.36. The molecule has 0 unspecified atom stereocenters. The molecule has 92 valence electrons. The molecule has 0 aromatic heterocycles. The van der Waals surface area contributed by atoms with E-state index >= 15 is 0 Å². The van der Waals surface area contributed by atoms with Crippen molar-refractivity contribution in [3.8, 4) is 6.07 Å². The molecule has 0 bridgehead atoms. The number of nitriles is 1. The summed E-state index contributed by atoms with van der Waals surface area (Å²) in [6.07, 6.45) is 0.519. The Morgan fingerprint density at radius 1 is 1.39 bits per heavy atom. The predicted octanol–water partition coefficient (Wildman–Crippen LogP) is 1.79. The molecule has 0 aliphatic rings. The number of aliphatic carboxylic acids is 2. The van der Waals surface area contributed by atoms with Gasteiger partial charge >= 0.3 is 11.9 Å². The van der Waals surface area contributed by atoms with Gasteiger partial charge in [0, 0.05) is 4.47 Å². The lowest BCUT2D eigenvalue weighted by atomic mass is 10.2. The SMILES string of the molecule is N#Cc1cc(Br)ccc1N/C(=C\C(=O)O)C(=O)O. The highest BCUT2D eigenvalue weighted by molar-refractivity contribution is 9.10. The number of halogens is 1. The molecule has 0 aliphatic heterocycles. The summed E-state index contributed by atoms with van der Waals surface area (Å²) in [5, 5.41) is 28.6. The largest absolute Gasteiger partial charge is 0.478 e. The number of carboxylic acids is 2. The molecule has 1 rings (SSSR count). The average molecular weight is 311 g/mol. The van der Waals surface area contributed by atoms with E-state index in [4.69, 9.17) is 15.5 Å². The van der Waals surface area contributed by atoms with Crippen LogP contribution in [0, 0.1) is 11.3 Å². The fourth-order valence-corrected chi connectivity index (χ4v) is 1.50. The van der Waals surface area contributed by atoms with Gasteiger partial charge in [-0.15, -0.1) is 0 Å². The number of carbonyl (C=O) groups is 2. The molecule has 3 N–H and O–H groups in total. The number of nitrogens with zero attached hydrogens (tertiary/aromatic N) is 1. The molecule has 0 spiro atoms. The van der Waals surface area contributed by atoms with Gasteiger partial charge in [0.2, 0.25) is 0 Å². The predicted molar refractivity (Wildman–Crippen MR) is 65.8 cm³/mol. The summed E-state index contributed by atoms with van der Waals surface area (Å²) in [5.41, 5.74) is -0.112. The summed E-state index contributed by atoms with van der Waals surface area (Å²) >= 11 is 3.17. The van der Waals surface area contributed by atoms with E-state index in [0.717, 1.165) is 0 Å². The first kappa shape index (κ1) is 13.7. The van der Waals surface area contributed by atoms with E-state index in [9.17, 15) is 9.59 Å². The van der Waals surface area contributed by atoms with Crippen LogP contribution in [0.3, 0.4) is 0 Å². The number of hydrogen-bond acceptors (Lipinski definition) is 4. The summed E-state index contributed by atoms with van der Waals surface area (Å²) in [5.74, 6) is -2.82. The minimum Gasteiger partial charge on any atom is -0.478 e. The highest BCUT2D eigenvalue weighted by atomic mass is 79.9. The van der Waals surface area contributed by atoms with Gasteiger partial charge in [-0.2, -0.15) is 5.26 Å². The molecule has 1 aromatic carbocycles. The van der Waals surface area contributed by atoms with Crippen LogP contribution in [0.1, 0.15) is 5.56 Å². The van der Waals surface area contributed by atoms with Gasteiger partial charge in [-0.25, -0.2) is 9.59 Å². The maximum atomic E-state index is 10.8. The van der Waals surface area contributed by atoms with Crippen molar-refractivity contribution >= 4 is 33.6 Å². The van der Waals surface area contributed by atoms with Gasteiger partial charge in [-0.1, -0.05) is 15.9 Å². The number of hydrogen-bond donors (Lipinski definition) is 3. The van der Waals surface area contributed by atoms with Crippen LogP contribution in [0.2, 0.25) is 0 Å². The van der Waals surface area contributed by atoms with Crippen LogP contribution < -0.4 is 5.32 Å². The lowest BCUT2D eigenvalue weighted by Crippen LogP contribution is -2.13. The molecule has 0 radical (unpaired) electrons. The van der Waals surface area contributed by atoms with E-state index in [1.54, 1.807) is 6.07 Å². The zero-order chi connectivity index (χ0) is 13.7. The summed E-state index contributed by atoms with van der Waals surface area (Å²) in [6, 6.07) is 6.44. The summed E-state index contributed by atoms with van der Waals surface area (Å²) < 4.78 is 0.656. The fourth-order valence-electron chi connectivity index (χ4n) is 1.14. The monoisotopic (exact) mass is 310 g/mol. The summed E-state index contributed by atoms with van der Waals surface area (Å²) in [7, 11) is 0. The van der Waals surface area contributed by atoms with E-state index in [1.165, 1.54) is 12.1 Å². The maximum absolute atomic E-state index is 10.8. The number of benzene rings is 1. The lowest BCUT2D eigenvalue weighted by Gasteiger charge is -2.08. The van der Waals surface area contributed by atoms with Crippen molar-refractivity contribution in [2.45, 2.75) is 0 Å². The minimum atomic E-state index is -1.43. The topological polar surface area (TPSA) is 110 Å². The smallest absolute Gasteiger partial charge is 0.352 e. The second kappa shape index (κ2) is 5.84. The Morgan fingerprint density at radius 2 is 2.06 bits per heavy atom. The Hall–Kier alpha value is -2.33. The first-order valence-corrected chi connectivity index (χ1v) is 5.38. The van der Waals surface area contributed by atoms with Crippen molar-refractivity contribution in [2.75, 3.05) is 5.32 Å². The van der Waals surface area contributed by atoms with E-state index in [1.807, 2.05) is 6.07 Å². The highest BCUT2D eigenvalue weighted by Gasteiger charge is 2.12. The second-order valence-corrected chi connectivity index (χ2v) is 4.04. The Bertz CT molecular complexity index is 575. The van der Waals surface area contributed by atoms with Crippen molar-refractivity contribution < 1.29 is 19.8 Å². The first-order chi connectivity index (χ1) is 8.43. The zero-order valence-electron chi connectivity index (χ0n) is 8.85. The van der Waals surface area contributed by atoms with Crippen LogP contribution in [0.15, 0.2) is 34.4 Å². The number of carboxylic acid groups (broad SMARTS) is 2. The molecule has 6 nitrogen and oxygen atoms in total. The Balaban J connectivity index is 3.13. The van der Waals surface area contributed by atoms with Crippen molar-refractivity contribution in [3.05, 3.63) is 40.0 Å². The third-order valence-electron chi connectivity index (χ3n) is 1.87. The standard InChI is InChI=1S/C11H7BrN2O4/c12-7-1-2-8(6(3-7)5-13)14-9(11(17)18)4-10(15)16/h1-4,14H,(H,15,16)(H,17,18)/b9-4-. The quantitative estimate of drug-likeness (QED) is 0.731. The van der Waals surface area contributed by atoms with Crippen molar-refractivity contribution in [2.24, 2.45) is 0 Å². The molecule has 1 aromatic rings. The molecule has 0 saturated heterocycles. The minimum absolute atomic E-state index is 0.196. The van der Waals surface area contributed by atoms with E-state index in [0.29, 0.717) is 10.5 Å². The van der Waals surface area contributed by atoms with Gasteiger partial charge in [0.25, 0.3) is 0 Å². The summed E-state index contributed by atoms with van der Waals surface area (Å²) in [6.45, 7) is 0. The van der Waals surface area contributed by atoms with Crippen LogP contribution in [0.4, 0.5) is 5.69 Å². The Kier molecular flexibility index (Phi) is 4.45. The molecule has 0 amide bonds. The number of nitrogens with one attached hydrogen (secondary N) is 1. The average Bonchev–Trinajstić information content (AvgIpc) is 2.29.